The van der Waals surface area contributed by atoms with Gasteiger partial charge in [-0.25, -0.2) is 0 Å². The second-order valence-electron chi connectivity index (χ2n) is 5.29. The fourth-order valence-corrected chi connectivity index (χ4v) is 2.38. The fraction of sp³-hybridized carbons (Fsp3) is 0.769. The average Bonchev–Trinajstić information content (AvgIpc) is 2.31. The third-order valence-corrected chi connectivity index (χ3v) is 3.69. The molecule has 1 saturated heterocycles. The van der Waals surface area contributed by atoms with Gasteiger partial charge >= 0.3 is 0 Å². The molecule has 2 heterocycles. The predicted octanol–water partition coefficient (Wildman–Crippen LogP) is 2.64. The summed E-state index contributed by atoms with van der Waals surface area (Å²) < 4.78 is 5.42. The summed E-state index contributed by atoms with van der Waals surface area (Å²) in [7, 11) is 0. The number of hydrogen-bond donors (Lipinski definition) is 0. The van der Waals surface area contributed by atoms with Crippen molar-refractivity contribution in [3.63, 3.8) is 0 Å². The van der Waals surface area contributed by atoms with E-state index < -0.39 is 0 Å². The van der Waals surface area contributed by atoms with Crippen LogP contribution in [0.1, 0.15) is 33.6 Å². The second kappa shape index (κ2) is 4.58. The van der Waals surface area contributed by atoms with Gasteiger partial charge in [0.1, 0.15) is 0 Å². The molecule has 0 amide bonds. The van der Waals surface area contributed by atoms with Gasteiger partial charge in [0.05, 0.1) is 0 Å². The lowest BCUT2D eigenvalue weighted by atomic mass is 9.73. The molecule has 0 bridgehead atoms. The quantitative estimate of drug-likeness (QED) is 0.717. The van der Waals surface area contributed by atoms with Crippen LogP contribution in [-0.4, -0.2) is 30.5 Å². The topological polar surface area (TPSA) is 24.8 Å². The number of allylic oxidation sites excluding steroid dienone is 1. The third kappa shape index (κ3) is 2.29. The van der Waals surface area contributed by atoms with Crippen molar-refractivity contribution in [3.8, 4) is 0 Å². The van der Waals surface area contributed by atoms with Gasteiger partial charge in [0, 0.05) is 37.1 Å². The van der Waals surface area contributed by atoms with Crippen LogP contribution in [0.3, 0.4) is 0 Å². The highest BCUT2D eigenvalue weighted by atomic mass is 16.5. The van der Waals surface area contributed by atoms with Crippen molar-refractivity contribution in [1.29, 1.82) is 0 Å². The van der Waals surface area contributed by atoms with Gasteiger partial charge in [0.25, 0.3) is 0 Å². The molecule has 2 rings (SSSR count). The first-order valence-electron chi connectivity index (χ1n) is 6.22. The van der Waals surface area contributed by atoms with E-state index in [1.165, 1.54) is 0 Å². The number of rotatable bonds is 2. The SMILES string of the molecule is CC(C)N1C=CC(C)(C2CCOCC2)C=N1. The zero-order chi connectivity index (χ0) is 11.6. The molecule has 2 aliphatic heterocycles. The molecule has 0 radical (unpaired) electrons. The lowest BCUT2D eigenvalue weighted by Crippen LogP contribution is -2.36. The van der Waals surface area contributed by atoms with Crippen LogP contribution in [0.15, 0.2) is 17.4 Å². The summed E-state index contributed by atoms with van der Waals surface area (Å²) in [5, 5.41) is 6.55. The lowest BCUT2D eigenvalue weighted by Gasteiger charge is -2.37. The van der Waals surface area contributed by atoms with Crippen molar-refractivity contribution < 1.29 is 4.74 Å². The van der Waals surface area contributed by atoms with Crippen molar-refractivity contribution >= 4 is 6.21 Å². The van der Waals surface area contributed by atoms with E-state index in [1.54, 1.807) is 0 Å². The molecular formula is C13H22N2O. The first-order chi connectivity index (χ1) is 7.62. The van der Waals surface area contributed by atoms with E-state index in [2.05, 4.69) is 44.4 Å². The van der Waals surface area contributed by atoms with E-state index in [0.717, 1.165) is 26.1 Å². The van der Waals surface area contributed by atoms with Gasteiger partial charge in [0.2, 0.25) is 0 Å². The van der Waals surface area contributed by atoms with E-state index in [9.17, 15) is 0 Å². The molecule has 2 aliphatic rings. The molecule has 90 valence electrons. The molecule has 0 aromatic rings. The number of ether oxygens (including phenoxy) is 1. The van der Waals surface area contributed by atoms with E-state index in [1.807, 2.05) is 5.01 Å². The van der Waals surface area contributed by atoms with E-state index in [0.29, 0.717) is 12.0 Å². The van der Waals surface area contributed by atoms with Crippen LogP contribution in [0.2, 0.25) is 0 Å². The maximum absolute atomic E-state index is 5.42. The molecule has 3 heteroatoms. The Labute approximate surface area is 98.2 Å². The molecule has 3 nitrogen and oxygen atoms in total. The first kappa shape index (κ1) is 11.6. The molecule has 1 unspecified atom stereocenters. The van der Waals surface area contributed by atoms with Crippen molar-refractivity contribution in [2.24, 2.45) is 16.4 Å². The van der Waals surface area contributed by atoms with Gasteiger partial charge in [-0.15, -0.1) is 0 Å². The largest absolute Gasteiger partial charge is 0.381 e. The summed E-state index contributed by atoms with van der Waals surface area (Å²) in [6, 6.07) is 0.437. The molecule has 0 aromatic carbocycles. The van der Waals surface area contributed by atoms with Crippen LogP contribution in [-0.2, 0) is 4.74 Å². The molecule has 1 atom stereocenters. The van der Waals surface area contributed by atoms with Gasteiger partial charge in [-0.05, 0) is 32.6 Å². The number of hydrogen-bond acceptors (Lipinski definition) is 3. The molecule has 0 N–H and O–H groups in total. The van der Waals surface area contributed by atoms with Crippen LogP contribution in [0, 0.1) is 11.3 Å². The average molecular weight is 222 g/mol. The minimum absolute atomic E-state index is 0.120. The van der Waals surface area contributed by atoms with Crippen LogP contribution in [0.4, 0.5) is 0 Å². The zero-order valence-electron chi connectivity index (χ0n) is 10.5. The van der Waals surface area contributed by atoms with E-state index in [-0.39, 0.29) is 5.41 Å². The summed E-state index contributed by atoms with van der Waals surface area (Å²) in [5.74, 6) is 0.676. The number of hydrazone groups is 1. The first-order valence-corrected chi connectivity index (χ1v) is 6.22. The van der Waals surface area contributed by atoms with Crippen LogP contribution < -0.4 is 0 Å². The Hall–Kier alpha value is -0.830. The van der Waals surface area contributed by atoms with Gasteiger partial charge < -0.3 is 4.74 Å². The molecule has 0 saturated carbocycles. The standard InChI is InChI=1S/C13H22N2O/c1-11(2)15-7-6-13(3,10-14-15)12-4-8-16-9-5-12/h6-7,10-12H,4-5,8-9H2,1-3H3. The smallest absolute Gasteiger partial charge is 0.0469 e. The molecule has 16 heavy (non-hydrogen) atoms. The van der Waals surface area contributed by atoms with Gasteiger partial charge in [-0.3, -0.25) is 5.01 Å². The Morgan fingerprint density at radius 1 is 1.38 bits per heavy atom. The monoisotopic (exact) mass is 222 g/mol. The minimum atomic E-state index is 0.120. The Kier molecular flexibility index (Phi) is 3.33. The molecule has 1 fully saturated rings. The summed E-state index contributed by atoms with van der Waals surface area (Å²) in [5.41, 5.74) is 0.120. The number of nitrogens with zero attached hydrogens (tertiary/aromatic N) is 2. The third-order valence-electron chi connectivity index (χ3n) is 3.69. The van der Waals surface area contributed by atoms with Crippen molar-refractivity contribution in [2.45, 2.75) is 39.7 Å². The normalized spacial score (nSPS) is 31.4. The molecular weight excluding hydrogens is 200 g/mol. The second-order valence-corrected chi connectivity index (χ2v) is 5.29. The van der Waals surface area contributed by atoms with E-state index in [4.69, 9.17) is 4.74 Å². The maximum atomic E-state index is 5.42. The Bertz CT molecular complexity index is 276. The Balaban J connectivity index is 2.04. The summed E-state index contributed by atoms with van der Waals surface area (Å²) >= 11 is 0. The maximum Gasteiger partial charge on any atom is 0.0469 e. The molecule has 0 aliphatic carbocycles. The van der Waals surface area contributed by atoms with Crippen molar-refractivity contribution in [1.82, 2.24) is 5.01 Å². The van der Waals surface area contributed by atoms with Crippen LogP contribution in [0.5, 0.6) is 0 Å². The molecule has 0 spiro atoms. The van der Waals surface area contributed by atoms with Crippen molar-refractivity contribution in [3.05, 3.63) is 12.3 Å². The van der Waals surface area contributed by atoms with Gasteiger partial charge in [0.15, 0.2) is 0 Å². The van der Waals surface area contributed by atoms with Crippen LogP contribution in [0.25, 0.3) is 0 Å². The van der Waals surface area contributed by atoms with Gasteiger partial charge in [-0.2, -0.15) is 5.10 Å². The lowest BCUT2D eigenvalue weighted by molar-refractivity contribution is 0.0464. The Morgan fingerprint density at radius 3 is 2.56 bits per heavy atom. The highest BCUT2D eigenvalue weighted by molar-refractivity contribution is 5.69. The summed E-state index contributed by atoms with van der Waals surface area (Å²) in [6.07, 6.45) is 8.84. The highest BCUT2D eigenvalue weighted by Gasteiger charge is 2.33. The van der Waals surface area contributed by atoms with Crippen molar-refractivity contribution in [2.75, 3.05) is 13.2 Å². The van der Waals surface area contributed by atoms with E-state index >= 15 is 0 Å². The zero-order valence-corrected chi connectivity index (χ0v) is 10.5. The minimum Gasteiger partial charge on any atom is -0.381 e. The Morgan fingerprint density at radius 2 is 2.06 bits per heavy atom. The fourth-order valence-electron chi connectivity index (χ4n) is 2.38. The predicted molar refractivity (Wildman–Crippen MR) is 66.3 cm³/mol. The van der Waals surface area contributed by atoms with Crippen LogP contribution >= 0.6 is 0 Å². The summed E-state index contributed by atoms with van der Waals surface area (Å²) in [6.45, 7) is 8.38. The molecule has 0 aromatic heterocycles. The van der Waals surface area contributed by atoms with Gasteiger partial charge in [-0.1, -0.05) is 13.0 Å². The highest BCUT2D eigenvalue weighted by Crippen LogP contribution is 2.36. The summed E-state index contributed by atoms with van der Waals surface area (Å²) in [4.78, 5) is 0.